The van der Waals surface area contributed by atoms with Crippen LogP contribution in [0.1, 0.15) is 13.8 Å². The van der Waals surface area contributed by atoms with Gasteiger partial charge in [0.05, 0.1) is 4.90 Å². The zero-order valence-corrected chi connectivity index (χ0v) is 14.6. The molecule has 0 unspecified atom stereocenters. The van der Waals surface area contributed by atoms with E-state index in [-0.39, 0.29) is 10.8 Å². The van der Waals surface area contributed by atoms with Gasteiger partial charge in [0.1, 0.15) is 0 Å². The first-order valence-electron chi connectivity index (χ1n) is 7.15. The van der Waals surface area contributed by atoms with Crippen LogP contribution in [0, 0.1) is 0 Å². The molecule has 9 heteroatoms. The summed E-state index contributed by atoms with van der Waals surface area (Å²) in [5.41, 5.74) is 0.631. The molecule has 0 bridgehead atoms. The number of nitrogens with one attached hydrogen (secondary N) is 2. The van der Waals surface area contributed by atoms with Crippen LogP contribution >= 0.6 is 7.29 Å². The van der Waals surface area contributed by atoms with E-state index in [2.05, 4.69) is 19.8 Å². The highest BCUT2D eigenvalue weighted by molar-refractivity contribution is 7.92. The Balaban J connectivity index is 2.17. The molecule has 0 radical (unpaired) electrons. The lowest BCUT2D eigenvalue weighted by Gasteiger charge is -2.17. The van der Waals surface area contributed by atoms with Gasteiger partial charge in [-0.2, -0.15) is 0 Å². The highest BCUT2D eigenvalue weighted by Crippen LogP contribution is 2.44. The summed E-state index contributed by atoms with van der Waals surface area (Å²) in [6.45, 7) is 3.72. The maximum absolute atomic E-state index is 12.4. The summed E-state index contributed by atoms with van der Waals surface area (Å²) in [7, 11) is -6.21. The number of hydrogen-bond donors (Lipinski definition) is 2. The van der Waals surface area contributed by atoms with Gasteiger partial charge in [0.25, 0.3) is 10.0 Å². The minimum atomic E-state index is -3.76. The zero-order chi connectivity index (χ0) is 16.9. The maximum Gasteiger partial charge on any atom is 0.264 e. The summed E-state index contributed by atoms with van der Waals surface area (Å²) >= 11 is 0. The van der Waals surface area contributed by atoms with Gasteiger partial charge >= 0.3 is 0 Å². The largest absolute Gasteiger partial charge is 0.336 e. The van der Waals surface area contributed by atoms with E-state index < -0.39 is 17.3 Å². The predicted molar refractivity (Wildman–Crippen MR) is 91.6 cm³/mol. The Morgan fingerprint density at radius 3 is 2.13 bits per heavy atom. The van der Waals surface area contributed by atoms with Crippen LogP contribution in [0.2, 0.25) is 0 Å². The third-order valence-electron chi connectivity index (χ3n) is 3.31. The van der Waals surface area contributed by atoms with Gasteiger partial charge < -0.3 is 9.65 Å². The number of hydrogen-bond acceptors (Lipinski definition) is 5. The smallest absolute Gasteiger partial charge is 0.264 e. The lowest BCUT2D eigenvalue weighted by Crippen LogP contribution is -2.14. The van der Waals surface area contributed by atoms with Crippen molar-refractivity contribution in [1.29, 1.82) is 0 Å². The van der Waals surface area contributed by atoms with E-state index in [4.69, 9.17) is 0 Å². The fourth-order valence-electron chi connectivity index (χ4n) is 1.86. The number of aromatic nitrogens is 2. The fourth-order valence-corrected chi connectivity index (χ4v) is 4.20. The van der Waals surface area contributed by atoms with Gasteiger partial charge in [0.2, 0.25) is 5.95 Å². The van der Waals surface area contributed by atoms with Gasteiger partial charge in [-0.3, -0.25) is 0 Å². The van der Waals surface area contributed by atoms with Gasteiger partial charge in [-0.1, -0.05) is 13.8 Å². The second kappa shape index (κ2) is 7.10. The topological polar surface area (TPSA) is 101 Å². The average Bonchev–Trinajstić information content (AvgIpc) is 2.56. The molecule has 124 valence electrons. The first-order chi connectivity index (χ1) is 10.9. The van der Waals surface area contributed by atoms with E-state index in [1.54, 1.807) is 18.2 Å². The molecular formula is C14H19N4O3PS. The summed E-state index contributed by atoms with van der Waals surface area (Å²) in [5, 5.41) is 3.00. The SMILES string of the molecule is CCP(=O)(CC)Nc1ccc(S(=O)(=O)Nc2ncccn2)cc1. The Hall–Kier alpha value is -1.92. The second-order valence-corrected chi connectivity index (χ2v) is 9.79. The molecule has 2 rings (SSSR count). The summed E-state index contributed by atoms with van der Waals surface area (Å²) in [6.07, 6.45) is 3.97. The number of anilines is 2. The summed E-state index contributed by atoms with van der Waals surface area (Å²) in [4.78, 5) is 7.74. The third-order valence-corrected chi connectivity index (χ3v) is 7.36. The average molecular weight is 354 g/mol. The van der Waals surface area contributed by atoms with Gasteiger partial charge in [0, 0.05) is 30.4 Å². The van der Waals surface area contributed by atoms with Crippen molar-refractivity contribution >= 4 is 29.0 Å². The Kier molecular flexibility index (Phi) is 5.38. The van der Waals surface area contributed by atoms with Gasteiger partial charge in [0.15, 0.2) is 7.29 Å². The van der Waals surface area contributed by atoms with Crippen molar-refractivity contribution in [1.82, 2.24) is 9.97 Å². The van der Waals surface area contributed by atoms with Crippen LogP contribution in [0.4, 0.5) is 11.6 Å². The van der Waals surface area contributed by atoms with Crippen LogP contribution in [-0.2, 0) is 14.6 Å². The first-order valence-corrected chi connectivity index (χ1v) is 10.7. The van der Waals surface area contributed by atoms with Crippen molar-refractivity contribution in [3.8, 4) is 0 Å². The van der Waals surface area contributed by atoms with Crippen molar-refractivity contribution in [3.63, 3.8) is 0 Å². The molecule has 23 heavy (non-hydrogen) atoms. The molecule has 0 aliphatic rings. The van der Waals surface area contributed by atoms with E-state index in [1.165, 1.54) is 24.5 Å². The van der Waals surface area contributed by atoms with Crippen molar-refractivity contribution in [2.75, 3.05) is 22.1 Å². The van der Waals surface area contributed by atoms with E-state index >= 15 is 0 Å². The second-order valence-electron chi connectivity index (χ2n) is 4.84. The highest BCUT2D eigenvalue weighted by atomic mass is 32.2. The number of sulfonamides is 1. The predicted octanol–water partition coefficient (Wildman–Crippen LogP) is 3.01. The van der Waals surface area contributed by atoms with Gasteiger partial charge in [-0.25, -0.2) is 23.1 Å². The Morgan fingerprint density at radius 2 is 1.61 bits per heavy atom. The molecule has 0 atom stereocenters. The molecule has 1 aromatic heterocycles. The van der Waals surface area contributed by atoms with E-state index in [0.29, 0.717) is 18.0 Å². The van der Waals surface area contributed by atoms with E-state index in [9.17, 15) is 13.0 Å². The molecule has 0 saturated heterocycles. The Bertz CT molecular complexity index is 787. The molecule has 0 spiro atoms. The maximum atomic E-state index is 12.4. The Morgan fingerprint density at radius 1 is 1.04 bits per heavy atom. The number of rotatable bonds is 7. The molecule has 0 amide bonds. The zero-order valence-electron chi connectivity index (χ0n) is 12.9. The normalized spacial score (nSPS) is 11.9. The molecule has 1 heterocycles. The minimum absolute atomic E-state index is 0.0103. The van der Waals surface area contributed by atoms with Crippen molar-refractivity contribution in [3.05, 3.63) is 42.7 Å². The lowest BCUT2D eigenvalue weighted by molar-refractivity contribution is 0.579. The molecule has 0 aliphatic carbocycles. The number of nitrogens with zero attached hydrogens (tertiary/aromatic N) is 2. The highest BCUT2D eigenvalue weighted by Gasteiger charge is 2.18. The summed E-state index contributed by atoms with van der Waals surface area (Å²) < 4.78 is 39.2. The van der Waals surface area contributed by atoms with Crippen LogP contribution in [-0.4, -0.2) is 30.7 Å². The molecule has 0 saturated carbocycles. The molecular weight excluding hydrogens is 335 g/mol. The van der Waals surface area contributed by atoms with Gasteiger partial charge in [-0.05, 0) is 30.3 Å². The summed E-state index contributed by atoms with van der Waals surface area (Å²) in [5.74, 6) is 0.0103. The molecule has 1 aromatic carbocycles. The third kappa shape index (κ3) is 4.53. The van der Waals surface area contributed by atoms with Crippen molar-refractivity contribution < 1.29 is 13.0 Å². The summed E-state index contributed by atoms with van der Waals surface area (Å²) in [6, 6.07) is 7.68. The minimum Gasteiger partial charge on any atom is -0.336 e. The lowest BCUT2D eigenvalue weighted by atomic mass is 10.3. The monoisotopic (exact) mass is 354 g/mol. The van der Waals surface area contributed by atoms with E-state index in [1.807, 2.05) is 13.8 Å². The van der Waals surface area contributed by atoms with Crippen LogP contribution in [0.25, 0.3) is 0 Å². The fraction of sp³-hybridized carbons (Fsp3) is 0.286. The first kappa shape index (κ1) is 17.4. The van der Waals surface area contributed by atoms with Crippen LogP contribution < -0.4 is 9.81 Å². The Labute approximate surface area is 136 Å². The van der Waals surface area contributed by atoms with Crippen molar-refractivity contribution in [2.45, 2.75) is 18.7 Å². The quantitative estimate of drug-likeness (QED) is 0.741. The van der Waals surface area contributed by atoms with Crippen LogP contribution in [0.3, 0.4) is 0 Å². The molecule has 7 nitrogen and oxygen atoms in total. The molecule has 0 fully saturated rings. The van der Waals surface area contributed by atoms with Crippen LogP contribution in [0.15, 0.2) is 47.6 Å². The van der Waals surface area contributed by atoms with Crippen molar-refractivity contribution in [2.24, 2.45) is 0 Å². The van der Waals surface area contributed by atoms with Crippen LogP contribution in [0.5, 0.6) is 0 Å². The molecule has 2 N–H and O–H groups in total. The standard InChI is InChI=1S/C14H19N4O3PS/c1-3-22(19,4-2)17-12-6-8-13(9-7-12)23(20,21)18-14-15-10-5-11-16-14/h5-11H,3-4H2,1-2H3,(H,17,19)(H,15,16,18). The van der Waals surface area contributed by atoms with E-state index in [0.717, 1.165) is 0 Å². The van der Waals surface area contributed by atoms with Gasteiger partial charge in [-0.15, -0.1) is 0 Å². The molecule has 0 aliphatic heterocycles. The molecule has 2 aromatic rings. The number of benzene rings is 1.